The second-order valence-corrected chi connectivity index (χ2v) is 7.97. The molecule has 2 heterocycles. The zero-order valence-corrected chi connectivity index (χ0v) is 16.5. The van der Waals surface area contributed by atoms with Crippen LogP contribution in [0.1, 0.15) is 55.5 Å². The molecule has 0 saturated carbocycles. The predicted molar refractivity (Wildman–Crippen MR) is 102 cm³/mol. The molecule has 2 N–H and O–H groups in total. The van der Waals surface area contributed by atoms with Gasteiger partial charge in [0.1, 0.15) is 11.1 Å². The molecule has 2 rings (SSSR count). The van der Waals surface area contributed by atoms with Crippen molar-refractivity contribution >= 4 is 35.4 Å². The summed E-state index contributed by atoms with van der Waals surface area (Å²) in [6.07, 6.45) is 4.70. The predicted octanol–water partition coefficient (Wildman–Crippen LogP) is 2.81. The van der Waals surface area contributed by atoms with Crippen LogP contribution >= 0.6 is 11.3 Å². The lowest BCUT2D eigenvalue weighted by Crippen LogP contribution is -2.46. The van der Waals surface area contributed by atoms with Gasteiger partial charge in [0, 0.05) is 17.5 Å². The maximum Gasteiger partial charge on any atom is 0.408 e. The molecule has 1 aromatic rings. The molecule has 0 aromatic carbocycles. The van der Waals surface area contributed by atoms with E-state index in [1.807, 2.05) is 6.92 Å². The van der Waals surface area contributed by atoms with Gasteiger partial charge in [-0.15, -0.1) is 11.3 Å². The molecule has 0 saturated heterocycles. The van der Waals surface area contributed by atoms with Crippen LogP contribution in [0.5, 0.6) is 0 Å². The van der Waals surface area contributed by atoms with Gasteiger partial charge in [0.15, 0.2) is 11.5 Å². The van der Waals surface area contributed by atoms with Gasteiger partial charge in [0.05, 0.1) is 11.6 Å². The number of aromatic nitrogens is 1. The molecular formula is C18H23N3O5S. The van der Waals surface area contributed by atoms with Crippen LogP contribution in [-0.2, 0) is 9.53 Å². The third-order valence-corrected chi connectivity index (χ3v) is 4.90. The Kier molecular flexibility index (Phi) is 6.15. The third kappa shape index (κ3) is 4.79. The Morgan fingerprint density at radius 2 is 2.07 bits per heavy atom. The molecule has 146 valence electrons. The Balaban J connectivity index is 2.21. The summed E-state index contributed by atoms with van der Waals surface area (Å²) >= 11 is 1.18. The number of hydrogen-bond acceptors (Lipinski definition) is 7. The second-order valence-electron chi connectivity index (χ2n) is 7.08. The average molecular weight is 393 g/mol. The molecule has 0 spiro atoms. The number of thiazole rings is 1. The van der Waals surface area contributed by atoms with Gasteiger partial charge in [-0.05, 0) is 39.3 Å². The van der Waals surface area contributed by atoms with Crippen molar-refractivity contribution < 1.29 is 24.2 Å². The molecule has 2 atom stereocenters. The third-order valence-electron chi connectivity index (χ3n) is 3.94. The van der Waals surface area contributed by atoms with Crippen LogP contribution in [0.25, 0.3) is 0 Å². The summed E-state index contributed by atoms with van der Waals surface area (Å²) in [7, 11) is 0. The van der Waals surface area contributed by atoms with Crippen LogP contribution in [0.3, 0.4) is 0 Å². The first-order chi connectivity index (χ1) is 12.6. The molecular weight excluding hydrogens is 370 g/mol. The van der Waals surface area contributed by atoms with E-state index in [4.69, 9.17) is 9.84 Å². The number of rotatable bonds is 7. The van der Waals surface area contributed by atoms with E-state index in [-0.39, 0.29) is 18.0 Å². The summed E-state index contributed by atoms with van der Waals surface area (Å²) in [6.45, 7) is 6.81. The van der Waals surface area contributed by atoms with E-state index >= 15 is 0 Å². The van der Waals surface area contributed by atoms with Crippen LogP contribution in [0.4, 0.5) is 4.79 Å². The number of hydrogen-bond donors (Lipinski definition) is 2. The first kappa shape index (κ1) is 20.8. The summed E-state index contributed by atoms with van der Waals surface area (Å²) < 4.78 is 5.15. The number of carbonyl (C=O) groups is 3. The highest BCUT2D eigenvalue weighted by Gasteiger charge is 2.45. The molecule has 1 aromatic heterocycles. The van der Waals surface area contributed by atoms with Gasteiger partial charge in [-0.2, -0.15) is 0 Å². The largest absolute Gasteiger partial charge is 0.476 e. The molecule has 1 aliphatic heterocycles. The first-order valence-corrected chi connectivity index (χ1v) is 9.39. The zero-order chi connectivity index (χ0) is 20.2. The van der Waals surface area contributed by atoms with E-state index in [1.54, 1.807) is 32.9 Å². The van der Waals surface area contributed by atoms with Gasteiger partial charge < -0.3 is 15.2 Å². The number of ketones is 1. The lowest BCUT2D eigenvalue weighted by Gasteiger charge is -2.30. The number of aliphatic imine (C=N–C) groups is 1. The van der Waals surface area contributed by atoms with Gasteiger partial charge in [0.25, 0.3) is 0 Å². The highest BCUT2D eigenvalue weighted by molar-refractivity contribution is 7.10. The van der Waals surface area contributed by atoms with Gasteiger partial charge >= 0.3 is 12.1 Å². The second kappa shape index (κ2) is 7.99. The standard InChI is InChI=1S/C18H23N3O5S/c1-5-11(14-21-12(10-27-14)15(23)24)18(7-6-8-20-18)13(22)9-19-16(25)26-17(2,3)4/h6-8,10-11H,5,9H2,1-4H3,(H,19,25)(H,23,24). The number of carbonyl (C=O) groups excluding carboxylic acids is 2. The van der Waals surface area contributed by atoms with Crippen molar-refractivity contribution in [2.45, 2.75) is 51.2 Å². The van der Waals surface area contributed by atoms with E-state index < -0.39 is 29.1 Å². The Labute approximate surface area is 161 Å². The molecule has 0 fully saturated rings. The van der Waals surface area contributed by atoms with Gasteiger partial charge in [0.2, 0.25) is 0 Å². The van der Waals surface area contributed by atoms with Crippen LogP contribution < -0.4 is 5.32 Å². The number of alkyl carbamates (subject to hydrolysis) is 1. The van der Waals surface area contributed by atoms with Gasteiger partial charge in [-0.1, -0.05) is 6.92 Å². The van der Waals surface area contributed by atoms with E-state index in [0.29, 0.717) is 11.4 Å². The quantitative estimate of drug-likeness (QED) is 0.735. The van der Waals surface area contributed by atoms with Crippen molar-refractivity contribution in [3.05, 3.63) is 28.2 Å². The number of carboxylic acids is 1. The minimum absolute atomic E-state index is 0.0612. The molecule has 9 heteroatoms. The minimum atomic E-state index is -1.22. The number of amides is 1. The first-order valence-electron chi connectivity index (χ1n) is 8.51. The van der Waals surface area contributed by atoms with Crippen molar-refractivity contribution in [1.82, 2.24) is 10.3 Å². The van der Waals surface area contributed by atoms with E-state index in [9.17, 15) is 14.4 Å². The Bertz CT molecular complexity index is 779. The van der Waals surface area contributed by atoms with Crippen LogP contribution in [0.15, 0.2) is 22.5 Å². The summed E-state index contributed by atoms with van der Waals surface area (Å²) in [5.41, 5.74) is -1.96. The normalized spacial score (nSPS) is 19.7. The lowest BCUT2D eigenvalue weighted by atomic mass is 9.79. The molecule has 27 heavy (non-hydrogen) atoms. The molecule has 1 amide bonds. The van der Waals surface area contributed by atoms with Crippen molar-refractivity contribution in [2.75, 3.05) is 6.54 Å². The Morgan fingerprint density at radius 1 is 1.37 bits per heavy atom. The number of ether oxygens (including phenoxy) is 1. The van der Waals surface area contributed by atoms with Crippen molar-refractivity contribution in [1.29, 1.82) is 0 Å². The molecule has 0 bridgehead atoms. The smallest absolute Gasteiger partial charge is 0.408 e. The van der Waals surface area contributed by atoms with Gasteiger partial charge in [-0.3, -0.25) is 9.79 Å². The van der Waals surface area contributed by atoms with Gasteiger partial charge in [-0.25, -0.2) is 14.6 Å². The summed E-state index contributed by atoms with van der Waals surface area (Å²) in [5, 5.41) is 13.5. The number of aromatic carboxylic acids is 1. The fourth-order valence-electron chi connectivity index (χ4n) is 2.79. The number of carboxylic acid groups (broad SMARTS) is 1. The molecule has 8 nitrogen and oxygen atoms in total. The monoisotopic (exact) mass is 393 g/mol. The summed E-state index contributed by atoms with van der Waals surface area (Å²) in [4.78, 5) is 44.5. The van der Waals surface area contributed by atoms with Crippen LogP contribution in [0.2, 0.25) is 0 Å². The summed E-state index contributed by atoms with van der Waals surface area (Å²) in [5.74, 6) is -1.87. The Morgan fingerprint density at radius 3 is 2.56 bits per heavy atom. The van der Waals surface area contributed by atoms with E-state index in [1.165, 1.54) is 22.9 Å². The van der Waals surface area contributed by atoms with Crippen LogP contribution in [-0.4, -0.2) is 51.8 Å². The molecule has 0 radical (unpaired) electrons. The molecule has 2 unspecified atom stereocenters. The fraction of sp³-hybridized carbons (Fsp3) is 0.500. The SMILES string of the molecule is CCC(c1nc(C(=O)O)cs1)C1(C(=O)CNC(=O)OC(C)(C)C)C=CC=N1. The minimum Gasteiger partial charge on any atom is -0.476 e. The molecule has 1 aliphatic rings. The fourth-order valence-corrected chi connectivity index (χ4v) is 3.84. The topological polar surface area (TPSA) is 118 Å². The van der Waals surface area contributed by atoms with Crippen molar-refractivity contribution in [3.63, 3.8) is 0 Å². The Hall–Kier alpha value is -2.55. The highest BCUT2D eigenvalue weighted by atomic mass is 32.1. The number of nitrogens with zero attached hydrogens (tertiary/aromatic N) is 2. The van der Waals surface area contributed by atoms with Crippen molar-refractivity contribution in [3.8, 4) is 0 Å². The zero-order valence-electron chi connectivity index (χ0n) is 15.7. The summed E-state index contributed by atoms with van der Waals surface area (Å²) in [6, 6.07) is 0. The number of Topliss-reactive ketones (excluding diaryl/α,β-unsaturated/α-hetero) is 1. The highest BCUT2D eigenvalue weighted by Crippen LogP contribution is 2.39. The van der Waals surface area contributed by atoms with E-state index in [0.717, 1.165) is 0 Å². The average Bonchev–Trinajstić information content (AvgIpc) is 3.22. The number of nitrogens with one attached hydrogen (secondary N) is 1. The maximum absolute atomic E-state index is 13.0. The lowest BCUT2D eigenvalue weighted by molar-refractivity contribution is -0.122. The maximum atomic E-state index is 13.0. The van der Waals surface area contributed by atoms with Crippen LogP contribution in [0, 0.1) is 0 Å². The van der Waals surface area contributed by atoms with Crippen molar-refractivity contribution in [2.24, 2.45) is 4.99 Å². The van der Waals surface area contributed by atoms with E-state index in [2.05, 4.69) is 15.3 Å². The number of allylic oxidation sites excluding steroid dienone is 1. The molecule has 0 aliphatic carbocycles.